The molecule has 2 heterocycles. The summed E-state index contributed by atoms with van der Waals surface area (Å²) in [7, 11) is 3.23. The van der Waals surface area contributed by atoms with E-state index in [1.54, 1.807) is 18.9 Å². The van der Waals surface area contributed by atoms with Crippen LogP contribution in [0.3, 0.4) is 0 Å². The minimum Gasteiger partial charge on any atom is -0.493 e. The van der Waals surface area contributed by atoms with Crippen molar-refractivity contribution in [3.05, 3.63) is 35.3 Å². The molecule has 0 saturated heterocycles. The van der Waals surface area contributed by atoms with E-state index in [9.17, 15) is 4.79 Å². The molecule has 0 unspecified atom stereocenters. The van der Waals surface area contributed by atoms with Gasteiger partial charge < -0.3 is 14.8 Å². The fourth-order valence-corrected chi connectivity index (χ4v) is 5.04. The first-order valence-electron chi connectivity index (χ1n) is 11.1. The zero-order valence-electron chi connectivity index (χ0n) is 18.9. The van der Waals surface area contributed by atoms with Crippen molar-refractivity contribution < 1.29 is 14.3 Å². The van der Waals surface area contributed by atoms with Gasteiger partial charge in [0.05, 0.1) is 25.6 Å². The lowest BCUT2D eigenvalue weighted by molar-refractivity contribution is -0.116. The molecule has 3 aromatic rings. The van der Waals surface area contributed by atoms with Crippen LogP contribution >= 0.6 is 11.3 Å². The number of carbonyl (C=O) groups is 1. The van der Waals surface area contributed by atoms with Crippen molar-refractivity contribution in [1.29, 1.82) is 0 Å². The average Bonchev–Trinajstić information content (AvgIpc) is 3.44. The number of methoxy groups -OCH3 is 2. The number of aryl methyl sites for hydroxylation is 1. The first-order chi connectivity index (χ1) is 15.6. The molecule has 7 nitrogen and oxygen atoms in total. The Morgan fingerprint density at radius 2 is 1.94 bits per heavy atom. The highest BCUT2D eigenvalue weighted by molar-refractivity contribution is 7.12. The number of ether oxygens (including phenoxy) is 2. The molecule has 4 rings (SSSR count). The lowest BCUT2D eigenvalue weighted by Crippen LogP contribution is -2.17. The Morgan fingerprint density at radius 1 is 1.16 bits per heavy atom. The Kier molecular flexibility index (Phi) is 7.09. The van der Waals surface area contributed by atoms with E-state index in [1.165, 1.54) is 43.4 Å². The van der Waals surface area contributed by atoms with E-state index in [-0.39, 0.29) is 5.91 Å². The number of aromatic nitrogens is 3. The number of rotatable bonds is 8. The summed E-state index contributed by atoms with van der Waals surface area (Å²) in [5, 5.41) is 10.3. The van der Waals surface area contributed by atoms with Crippen molar-refractivity contribution in [3.63, 3.8) is 0 Å². The number of thiazole rings is 1. The average molecular weight is 455 g/mol. The maximum atomic E-state index is 12.6. The van der Waals surface area contributed by atoms with E-state index in [0.717, 1.165) is 23.4 Å². The molecule has 1 fully saturated rings. The summed E-state index contributed by atoms with van der Waals surface area (Å²) in [6.45, 7) is 1.91. The van der Waals surface area contributed by atoms with Gasteiger partial charge in [-0.3, -0.25) is 4.79 Å². The van der Waals surface area contributed by atoms with Crippen LogP contribution in [0.2, 0.25) is 0 Å². The molecule has 1 aliphatic carbocycles. The van der Waals surface area contributed by atoms with E-state index >= 15 is 0 Å². The van der Waals surface area contributed by atoms with Crippen LogP contribution < -0.4 is 14.8 Å². The molecule has 1 amide bonds. The van der Waals surface area contributed by atoms with Crippen molar-refractivity contribution >= 4 is 23.1 Å². The Bertz CT molecular complexity index is 1070. The molecule has 0 bridgehead atoms. The molecule has 8 heteroatoms. The summed E-state index contributed by atoms with van der Waals surface area (Å²) in [6, 6.07) is 7.60. The Hall–Kier alpha value is -2.87. The number of nitrogens with one attached hydrogen (secondary N) is 1. The van der Waals surface area contributed by atoms with Crippen molar-refractivity contribution in [2.45, 2.75) is 51.9 Å². The van der Waals surface area contributed by atoms with E-state index in [1.807, 2.05) is 36.6 Å². The lowest BCUT2D eigenvalue weighted by Gasteiger charge is -2.20. The molecule has 1 N–H and O–H groups in total. The molecule has 1 aromatic carbocycles. The third-order valence-electron chi connectivity index (χ3n) is 5.96. The van der Waals surface area contributed by atoms with Crippen LogP contribution in [0.4, 0.5) is 5.82 Å². The standard InChI is InChI=1S/C24H30N4O3S/c1-16-13-22(26-23(29)12-9-17-7-5-4-6-8-17)28(27-16)24-25-19(15-32-24)18-10-11-20(30-2)21(14-18)31-3/h10-11,13-15,17H,4-9,12H2,1-3H3,(H,26,29). The van der Waals surface area contributed by atoms with Gasteiger partial charge >= 0.3 is 0 Å². The van der Waals surface area contributed by atoms with Crippen LogP contribution in [0.15, 0.2) is 29.6 Å². The van der Waals surface area contributed by atoms with Gasteiger partial charge in [-0.2, -0.15) is 9.78 Å². The molecule has 0 radical (unpaired) electrons. The summed E-state index contributed by atoms with van der Waals surface area (Å²) in [5.74, 6) is 2.70. The molecule has 1 aliphatic rings. The molecule has 0 spiro atoms. The summed E-state index contributed by atoms with van der Waals surface area (Å²) in [6.07, 6.45) is 7.93. The second-order valence-corrected chi connectivity index (χ2v) is 9.10. The van der Waals surface area contributed by atoms with Gasteiger partial charge in [0.15, 0.2) is 11.5 Å². The monoisotopic (exact) mass is 454 g/mol. The van der Waals surface area contributed by atoms with Crippen LogP contribution in [0.5, 0.6) is 11.5 Å². The molecule has 32 heavy (non-hydrogen) atoms. The highest BCUT2D eigenvalue weighted by atomic mass is 32.1. The Morgan fingerprint density at radius 3 is 2.69 bits per heavy atom. The second kappa shape index (κ2) is 10.2. The summed E-state index contributed by atoms with van der Waals surface area (Å²) < 4.78 is 12.4. The molecule has 0 atom stereocenters. The van der Waals surface area contributed by atoms with Gasteiger partial charge in [-0.1, -0.05) is 32.1 Å². The van der Waals surface area contributed by atoms with Gasteiger partial charge in [0, 0.05) is 23.4 Å². The van der Waals surface area contributed by atoms with Crippen molar-refractivity contribution in [1.82, 2.24) is 14.8 Å². The van der Waals surface area contributed by atoms with Crippen LogP contribution in [0, 0.1) is 12.8 Å². The van der Waals surface area contributed by atoms with Gasteiger partial charge in [0.1, 0.15) is 5.82 Å². The highest BCUT2D eigenvalue weighted by Crippen LogP contribution is 2.34. The zero-order valence-corrected chi connectivity index (χ0v) is 19.7. The topological polar surface area (TPSA) is 78.3 Å². The fraction of sp³-hybridized carbons (Fsp3) is 0.458. The third-order valence-corrected chi connectivity index (χ3v) is 6.77. The summed E-state index contributed by atoms with van der Waals surface area (Å²) in [5.41, 5.74) is 2.57. The minimum atomic E-state index is 0.0355. The van der Waals surface area contributed by atoms with E-state index in [2.05, 4.69) is 10.4 Å². The van der Waals surface area contributed by atoms with Gasteiger partial charge in [0.25, 0.3) is 0 Å². The van der Waals surface area contributed by atoms with Gasteiger partial charge in [-0.05, 0) is 37.5 Å². The first kappa shape index (κ1) is 22.3. The van der Waals surface area contributed by atoms with E-state index in [0.29, 0.717) is 34.8 Å². The number of hydrogen-bond acceptors (Lipinski definition) is 6. The second-order valence-electron chi connectivity index (χ2n) is 8.26. The number of hydrogen-bond donors (Lipinski definition) is 1. The summed E-state index contributed by atoms with van der Waals surface area (Å²) in [4.78, 5) is 17.4. The van der Waals surface area contributed by atoms with Gasteiger partial charge in [-0.25, -0.2) is 4.98 Å². The predicted molar refractivity (Wildman–Crippen MR) is 127 cm³/mol. The third kappa shape index (κ3) is 5.12. The van der Waals surface area contributed by atoms with E-state index < -0.39 is 0 Å². The molecule has 1 saturated carbocycles. The smallest absolute Gasteiger partial charge is 0.225 e. The molecule has 0 aliphatic heterocycles. The largest absolute Gasteiger partial charge is 0.493 e. The van der Waals surface area contributed by atoms with Crippen molar-refractivity contribution in [3.8, 4) is 27.9 Å². The zero-order chi connectivity index (χ0) is 22.5. The fourth-order valence-electron chi connectivity index (χ4n) is 4.24. The first-order valence-corrected chi connectivity index (χ1v) is 12.0. The molecule has 2 aromatic heterocycles. The number of benzene rings is 1. The van der Waals surface area contributed by atoms with E-state index in [4.69, 9.17) is 14.5 Å². The number of anilines is 1. The maximum Gasteiger partial charge on any atom is 0.225 e. The van der Waals surface area contributed by atoms with Gasteiger partial charge in [-0.15, -0.1) is 11.3 Å². The molecular formula is C24H30N4O3S. The number of amides is 1. The van der Waals surface area contributed by atoms with Crippen LogP contribution in [0.25, 0.3) is 16.4 Å². The SMILES string of the molecule is COc1ccc(-c2csc(-n3nc(C)cc3NC(=O)CCC3CCCCC3)n2)cc1OC. The van der Waals surface area contributed by atoms with Gasteiger partial charge in [0.2, 0.25) is 11.0 Å². The Labute approximate surface area is 192 Å². The normalized spacial score (nSPS) is 14.3. The summed E-state index contributed by atoms with van der Waals surface area (Å²) >= 11 is 1.48. The van der Waals surface area contributed by atoms with Crippen LogP contribution in [-0.4, -0.2) is 34.9 Å². The van der Waals surface area contributed by atoms with Crippen molar-refractivity contribution in [2.24, 2.45) is 5.92 Å². The molecular weight excluding hydrogens is 424 g/mol. The predicted octanol–water partition coefficient (Wildman–Crippen LogP) is 5.62. The quantitative estimate of drug-likeness (QED) is 0.478. The van der Waals surface area contributed by atoms with Crippen molar-refractivity contribution in [2.75, 3.05) is 19.5 Å². The Balaban J connectivity index is 1.48. The number of carbonyl (C=O) groups excluding carboxylic acids is 1. The highest BCUT2D eigenvalue weighted by Gasteiger charge is 2.18. The maximum absolute atomic E-state index is 12.6. The minimum absolute atomic E-state index is 0.0355. The molecule has 170 valence electrons. The lowest BCUT2D eigenvalue weighted by atomic mass is 9.86. The van der Waals surface area contributed by atoms with Crippen LogP contribution in [0.1, 0.15) is 50.6 Å². The van der Waals surface area contributed by atoms with Crippen LogP contribution in [-0.2, 0) is 4.79 Å². The number of nitrogens with zero attached hydrogens (tertiary/aromatic N) is 3.